The Morgan fingerprint density at radius 1 is 1.33 bits per heavy atom. The lowest BCUT2D eigenvalue weighted by molar-refractivity contribution is -0.122. The number of carbonyl (C=O) groups excluding carboxylic acids is 2. The molecule has 0 aromatic heterocycles. The van der Waals surface area contributed by atoms with Crippen LogP contribution in [0.1, 0.15) is 32.1 Å². The molecule has 5 nitrogen and oxygen atoms in total. The molecule has 1 heterocycles. The van der Waals surface area contributed by atoms with Gasteiger partial charge in [0.1, 0.15) is 5.25 Å². The highest BCUT2D eigenvalue weighted by Crippen LogP contribution is 2.31. The van der Waals surface area contributed by atoms with E-state index in [0.29, 0.717) is 26.9 Å². The first-order chi connectivity index (χ1) is 11.5. The Bertz CT molecular complexity index is 690. The smallest absolute Gasteiger partial charge is 0.240 e. The number of thioether (sulfide) groups is 1. The van der Waals surface area contributed by atoms with Crippen molar-refractivity contribution in [2.24, 2.45) is 4.99 Å². The zero-order valence-corrected chi connectivity index (χ0v) is 15.2. The first kappa shape index (κ1) is 17.6. The lowest BCUT2D eigenvalue weighted by atomic mass is 10.2. The van der Waals surface area contributed by atoms with Crippen LogP contribution in [0.5, 0.6) is 0 Å². The molecule has 1 saturated heterocycles. The number of amidine groups is 1. The van der Waals surface area contributed by atoms with Gasteiger partial charge in [-0.15, -0.1) is 0 Å². The number of rotatable bonds is 4. The molecule has 8 heteroatoms. The van der Waals surface area contributed by atoms with Gasteiger partial charge in [-0.05, 0) is 25.0 Å². The molecule has 1 atom stereocenters. The summed E-state index contributed by atoms with van der Waals surface area (Å²) >= 11 is 13.3. The van der Waals surface area contributed by atoms with Crippen LogP contribution in [0.2, 0.25) is 10.0 Å². The molecule has 1 saturated carbocycles. The number of hydrogen-bond acceptors (Lipinski definition) is 4. The maximum atomic E-state index is 12.2. The second kappa shape index (κ2) is 7.76. The first-order valence-electron chi connectivity index (χ1n) is 7.82. The van der Waals surface area contributed by atoms with Crippen molar-refractivity contribution in [3.63, 3.8) is 0 Å². The fourth-order valence-electron chi connectivity index (χ4n) is 2.77. The Kier molecular flexibility index (Phi) is 5.69. The van der Waals surface area contributed by atoms with Gasteiger partial charge in [0.15, 0.2) is 5.17 Å². The minimum absolute atomic E-state index is 0.0586. The molecule has 0 unspecified atom stereocenters. The van der Waals surface area contributed by atoms with Gasteiger partial charge in [0.2, 0.25) is 11.8 Å². The molecule has 1 aliphatic carbocycles. The molecular weight excluding hydrogens is 369 g/mol. The highest BCUT2D eigenvalue weighted by Gasteiger charge is 2.33. The predicted octanol–water partition coefficient (Wildman–Crippen LogP) is 3.85. The van der Waals surface area contributed by atoms with E-state index in [1.54, 1.807) is 18.2 Å². The second-order valence-electron chi connectivity index (χ2n) is 5.82. The van der Waals surface area contributed by atoms with Crippen LogP contribution in [0.4, 0.5) is 5.69 Å². The van der Waals surface area contributed by atoms with Gasteiger partial charge in [-0.3, -0.25) is 14.6 Å². The third kappa shape index (κ3) is 4.23. The van der Waals surface area contributed by atoms with Gasteiger partial charge in [-0.2, -0.15) is 0 Å². The number of nitrogens with one attached hydrogen (secondary N) is 2. The highest BCUT2D eigenvalue weighted by atomic mass is 35.5. The average Bonchev–Trinajstić information content (AvgIpc) is 3.15. The monoisotopic (exact) mass is 385 g/mol. The van der Waals surface area contributed by atoms with Crippen LogP contribution in [-0.4, -0.2) is 28.3 Å². The summed E-state index contributed by atoms with van der Waals surface area (Å²) in [5.41, 5.74) is 0.442. The molecule has 2 aliphatic rings. The number of hydrogen-bond donors (Lipinski definition) is 2. The van der Waals surface area contributed by atoms with Crippen LogP contribution in [0.3, 0.4) is 0 Å². The van der Waals surface area contributed by atoms with Crippen LogP contribution in [0, 0.1) is 0 Å². The van der Waals surface area contributed by atoms with E-state index in [4.69, 9.17) is 23.2 Å². The molecule has 2 fully saturated rings. The molecule has 3 rings (SSSR count). The fraction of sp³-hybridized carbons (Fsp3) is 0.438. The van der Waals surface area contributed by atoms with Crippen molar-refractivity contribution in [1.29, 1.82) is 0 Å². The maximum Gasteiger partial charge on any atom is 0.240 e. The van der Waals surface area contributed by atoms with E-state index in [-0.39, 0.29) is 18.2 Å². The Hall–Kier alpha value is -1.24. The molecular formula is C16H17Cl2N3O2S. The van der Waals surface area contributed by atoms with Gasteiger partial charge in [0.25, 0.3) is 0 Å². The summed E-state index contributed by atoms with van der Waals surface area (Å²) in [6.45, 7) is 0. The normalized spacial score (nSPS) is 22.8. The van der Waals surface area contributed by atoms with E-state index in [1.807, 2.05) is 0 Å². The zero-order valence-electron chi connectivity index (χ0n) is 12.9. The Morgan fingerprint density at radius 3 is 2.83 bits per heavy atom. The molecule has 24 heavy (non-hydrogen) atoms. The lowest BCUT2D eigenvalue weighted by Gasteiger charge is -2.09. The van der Waals surface area contributed by atoms with Crippen molar-refractivity contribution in [3.8, 4) is 0 Å². The Morgan fingerprint density at radius 2 is 2.08 bits per heavy atom. The van der Waals surface area contributed by atoms with Crippen molar-refractivity contribution < 1.29 is 9.59 Å². The number of nitrogens with zero attached hydrogens (tertiary/aromatic N) is 1. The summed E-state index contributed by atoms with van der Waals surface area (Å²) < 4.78 is 0. The van der Waals surface area contributed by atoms with Gasteiger partial charge < -0.3 is 10.6 Å². The van der Waals surface area contributed by atoms with E-state index < -0.39 is 5.25 Å². The third-order valence-corrected chi connectivity index (χ3v) is 5.91. The second-order valence-corrected chi connectivity index (χ2v) is 7.80. The van der Waals surface area contributed by atoms with E-state index in [0.717, 1.165) is 12.8 Å². The van der Waals surface area contributed by atoms with Crippen LogP contribution >= 0.6 is 35.0 Å². The van der Waals surface area contributed by atoms with Crippen molar-refractivity contribution in [1.82, 2.24) is 5.32 Å². The Labute approximate surface area is 154 Å². The van der Waals surface area contributed by atoms with Crippen LogP contribution in [-0.2, 0) is 9.59 Å². The molecule has 0 bridgehead atoms. The molecule has 0 spiro atoms. The largest absolute Gasteiger partial charge is 0.325 e. The number of benzene rings is 1. The fourth-order valence-corrected chi connectivity index (χ4v) is 4.16. The summed E-state index contributed by atoms with van der Waals surface area (Å²) in [5.74, 6) is -0.460. The molecule has 128 valence electrons. The first-order valence-corrected chi connectivity index (χ1v) is 9.45. The zero-order chi connectivity index (χ0) is 17.1. The molecule has 1 aromatic carbocycles. The molecule has 1 aliphatic heterocycles. The SMILES string of the molecule is O=C(C[C@@H]1SC(=NC2CCCC2)NC1=O)Nc1cccc(Cl)c1Cl. The van der Waals surface area contributed by atoms with Crippen molar-refractivity contribution >= 4 is 57.6 Å². The quantitative estimate of drug-likeness (QED) is 0.826. The minimum atomic E-state index is -0.469. The summed E-state index contributed by atoms with van der Waals surface area (Å²) in [6.07, 6.45) is 4.57. The van der Waals surface area contributed by atoms with Crippen LogP contribution in [0.15, 0.2) is 23.2 Å². The molecule has 0 radical (unpaired) electrons. The van der Waals surface area contributed by atoms with Crippen molar-refractivity contribution in [2.45, 2.75) is 43.4 Å². The van der Waals surface area contributed by atoms with Crippen molar-refractivity contribution in [3.05, 3.63) is 28.2 Å². The van der Waals surface area contributed by atoms with Crippen LogP contribution < -0.4 is 10.6 Å². The van der Waals surface area contributed by atoms with E-state index in [1.165, 1.54) is 24.6 Å². The Balaban J connectivity index is 1.58. The van der Waals surface area contributed by atoms with Gasteiger partial charge in [-0.1, -0.05) is 53.9 Å². The molecule has 2 amide bonds. The average molecular weight is 386 g/mol. The molecule has 1 aromatic rings. The van der Waals surface area contributed by atoms with Crippen LogP contribution in [0.25, 0.3) is 0 Å². The number of anilines is 1. The highest BCUT2D eigenvalue weighted by molar-refractivity contribution is 8.15. The van der Waals surface area contributed by atoms with E-state index in [9.17, 15) is 9.59 Å². The topological polar surface area (TPSA) is 70.6 Å². The number of halogens is 2. The van der Waals surface area contributed by atoms with Gasteiger partial charge >= 0.3 is 0 Å². The standard InChI is InChI=1S/C16H17Cl2N3O2S/c17-10-6-3-7-11(14(10)18)20-13(22)8-12-15(23)21-16(24-12)19-9-4-1-2-5-9/h3,6-7,9,12H,1-2,4-5,8H2,(H,20,22)(H,19,21,23)/t12-/m0/s1. The molecule has 2 N–H and O–H groups in total. The summed E-state index contributed by atoms with van der Waals surface area (Å²) in [4.78, 5) is 28.8. The van der Waals surface area contributed by atoms with Gasteiger partial charge in [0.05, 0.1) is 21.8 Å². The number of carbonyl (C=O) groups is 2. The maximum absolute atomic E-state index is 12.2. The van der Waals surface area contributed by atoms with E-state index in [2.05, 4.69) is 15.6 Å². The van der Waals surface area contributed by atoms with E-state index >= 15 is 0 Å². The van der Waals surface area contributed by atoms with Gasteiger partial charge in [-0.25, -0.2) is 0 Å². The predicted molar refractivity (Wildman–Crippen MR) is 98.9 cm³/mol. The lowest BCUT2D eigenvalue weighted by Crippen LogP contribution is -2.28. The van der Waals surface area contributed by atoms with Gasteiger partial charge in [0, 0.05) is 6.42 Å². The number of amides is 2. The minimum Gasteiger partial charge on any atom is -0.325 e. The summed E-state index contributed by atoms with van der Waals surface area (Å²) in [7, 11) is 0. The number of aliphatic imine (C=N–C) groups is 1. The summed E-state index contributed by atoms with van der Waals surface area (Å²) in [6, 6.07) is 5.31. The summed E-state index contributed by atoms with van der Waals surface area (Å²) in [5, 5.41) is 6.29. The van der Waals surface area contributed by atoms with Crippen molar-refractivity contribution in [2.75, 3.05) is 5.32 Å². The third-order valence-electron chi connectivity index (χ3n) is 4.00.